The van der Waals surface area contributed by atoms with Crippen molar-refractivity contribution in [3.8, 4) is 0 Å². The fourth-order valence-corrected chi connectivity index (χ4v) is 2.35. The Morgan fingerprint density at radius 1 is 1.08 bits per heavy atom. The van der Waals surface area contributed by atoms with E-state index in [1.54, 1.807) is 19.0 Å². The van der Waals surface area contributed by atoms with Crippen LogP contribution in [0.25, 0.3) is 0 Å². The van der Waals surface area contributed by atoms with Crippen LogP contribution < -0.4 is 5.32 Å². The van der Waals surface area contributed by atoms with Crippen molar-refractivity contribution in [3.05, 3.63) is 0 Å². The molecule has 0 aromatic heterocycles. The summed E-state index contributed by atoms with van der Waals surface area (Å²) < 4.78 is 0. The highest BCUT2D eigenvalue weighted by Crippen LogP contribution is 2.08. The molecule has 1 rings (SSSR count). The van der Waals surface area contributed by atoms with Crippen LogP contribution in [0, 0.1) is 5.92 Å². The van der Waals surface area contributed by atoms with Crippen LogP contribution in [0.3, 0.4) is 0 Å². The molecule has 1 heterocycles. The number of piperazine rings is 1. The van der Waals surface area contributed by atoms with Gasteiger partial charge in [0.2, 0.25) is 11.8 Å². The van der Waals surface area contributed by atoms with Crippen LogP contribution >= 0.6 is 0 Å². The number of nitrogens with one attached hydrogen (secondary N) is 1. The van der Waals surface area contributed by atoms with E-state index in [1.807, 2.05) is 18.7 Å². The highest BCUT2D eigenvalue weighted by molar-refractivity contribution is 5.85. The number of nitrogens with zero attached hydrogens (tertiary/aromatic N) is 4. The fraction of sp³-hybridized carbons (Fsp3) is 0.824. The van der Waals surface area contributed by atoms with Gasteiger partial charge in [0.1, 0.15) is 6.54 Å². The number of hydrogen-bond donors (Lipinski definition) is 1. The summed E-state index contributed by atoms with van der Waals surface area (Å²) in [7, 11) is 3.46. The van der Waals surface area contributed by atoms with Crippen molar-refractivity contribution in [1.29, 1.82) is 0 Å². The predicted molar refractivity (Wildman–Crippen MR) is 96.9 cm³/mol. The average Bonchev–Trinajstić information content (AvgIpc) is 2.57. The first-order valence-corrected chi connectivity index (χ1v) is 8.81. The van der Waals surface area contributed by atoms with Crippen LogP contribution in [0.2, 0.25) is 0 Å². The highest BCUT2D eigenvalue weighted by Gasteiger charge is 2.25. The van der Waals surface area contributed by atoms with E-state index in [0.717, 1.165) is 25.5 Å². The van der Waals surface area contributed by atoms with E-state index < -0.39 is 0 Å². The molecule has 24 heavy (non-hydrogen) atoms. The minimum atomic E-state index is -0.0212. The molecule has 7 heteroatoms. The topological polar surface area (TPSA) is 68.2 Å². The average molecular weight is 339 g/mol. The SMILES string of the molecule is CCC(C)NC(=NCC(=O)N(C)C)N1CCN(C(=O)C(C)C)CC1. The number of likely N-dealkylation sites (N-methyl/N-ethyl adjacent to an activating group) is 1. The third-order valence-electron chi connectivity index (χ3n) is 4.24. The zero-order chi connectivity index (χ0) is 18.3. The van der Waals surface area contributed by atoms with Gasteiger partial charge in [0, 0.05) is 52.2 Å². The Hall–Kier alpha value is -1.79. The lowest BCUT2D eigenvalue weighted by Crippen LogP contribution is -2.55. The van der Waals surface area contributed by atoms with Crippen molar-refractivity contribution >= 4 is 17.8 Å². The van der Waals surface area contributed by atoms with Gasteiger partial charge in [-0.2, -0.15) is 0 Å². The van der Waals surface area contributed by atoms with Gasteiger partial charge in [0.15, 0.2) is 5.96 Å². The molecule has 0 radical (unpaired) electrons. The Kier molecular flexibility index (Phi) is 8.01. The van der Waals surface area contributed by atoms with Gasteiger partial charge in [-0.1, -0.05) is 20.8 Å². The molecule has 1 saturated heterocycles. The summed E-state index contributed by atoms with van der Waals surface area (Å²) in [6.45, 7) is 11.1. The molecule has 0 saturated carbocycles. The van der Waals surface area contributed by atoms with E-state index in [9.17, 15) is 9.59 Å². The molecular weight excluding hydrogens is 306 g/mol. The standard InChI is InChI=1S/C17H33N5O2/c1-7-14(4)19-17(18-12-15(23)20(5)6)22-10-8-21(9-11-22)16(24)13(2)3/h13-14H,7-12H2,1-6H3,(H,18,19). The summed E-state index contributed by atoms with van der Waals surface area (Å²) in [6, 6.07) is 0.286. The summed E-state index contributed by atoms with van der Waals surface area (Å²) in [4.78, 5) is 34.0. The summed E-state index contributed by atoms with van der Waals surface area (Å²) in [5.41, 5.74) is 0. The highest BCUT2D eigenvalue weighted by atomic mass is 16.2. The molecule has 1 atom stereocenters. The largest absolute Gasteiger partial charge is 0.354 e. The molecule has 1 aliphatic heterocycles. The number of aliphatic imine (C=N–C) groups is 1. The smallest absolute Gasteiger partial charge is 0.243 e. The Morgan fingerprint density at radius 3 is 2.08 bits per heavy atom. The number of guanidine groups is 1. The molecular formula is C17H33N5O2. The van der Waals surface area contributed by atoms with Crippen molar-refractivity contribution < 1.29 is 9.59 Å². The fourth-order valence-electron chi connectivity index (χ4n) is 2.35. The molecule has 0 spiro atoms. The first kappa shape index (κ1) is 20.3. The molecule has 1 fully saturated rings. The molecule has 0 aliphatic carbocycles. The predicted octanol–water partition coefficient (Wildman–Crippen LogP) is 0.619. The number of amides is 2. The van der Waals surface area contributed by atoms with Gasteiger partial charge >= 0.3 is 0 Å². The van der Waals surface area contributed by atoms with Crippen molar-refractivity contribution in [2.45, 2.75) is 40.2 Å². The van der Waals surface area contributed by atoms with Crippen LogP contribution in [0.15, 0.2) is 4.99 Å². The van der Waals surface area contributed by atoms with Gasteiger partial charge in [0.25, 0.3) is 0 Å². The zero-order valence-electron chi connectivity index (χ0n) is 16.0. The third-order valence-corrected chi connectivity index (χ3v) is 4.24. The molecule has 0 aromatic rings. The van der Waals surface area contributed by atoms with E-state index in [1.165, 1.54) is 0 Å². The zero-order valence-corrected chi connectivity index (χ0v) is 16.0. The van der Waals surface area contributed by atoms with Gasteiger partial charge in [0.05, 0.1) is 0 Å². The van der Waals surface area contributed by atoms with E-state index >= 15 is 0 Å². The van der Waals surface area contributed by atoms with Crippen molar-refractivity contribution in [2.24, 2.45) is 10.9 Å². The molecule has 1 N–H and O–H groups in total. The molecule has 2 amide bonds. The summed E-state index contributed by atoms with van der Waals surface area (Å²) in [5.74, 6) is 0.967. The second-order valence-corrected chi connectivity index (χ2v) is 6.85. The first-order valence-electron chi connectivity index (χ1n) is 8.81. The lowest BCUT2D eigenvalue weighted by molar-refractivity contribution is -0.135. The van der Waals surface area contributed by atoms with E-state index in [2.05, 4.69) is 29.1 Å². The quantitative estimate of drug-likeness (QED) is 0.589. The van der Waals surface area contributed by atoms with E-state index in [-0.39, 0.29) is 30.3 Å². The van der Waals surface area contributed by atoms with Crippen LogP contribution in [0.1, 0.15) is 34.1 Å². The molecule has 1 aliphatic rings. The van der Waals surface area contributed by atoms with Crippen molar-refractivity contribution in [3.63, 3.8) is 0 Å². The van der Waals surface area contributed by atoms with Gasteiger partial charge in [-0.25, -0.2) is 4.99 Å². The first-order chi connectivity index (χ1) is 11.3. The van der Waals surface area contributed by atoms with Crippen molar-refractivity contribution in [2.75, 3.05) is 46.8 Å². The van der Waals surface area contributed by atoms with Crippen LogP contribution in [-0.4, -0.2) is 85.3 Å². The Balaban J connectivity index is 2.73. The van der Waals surface area contributed by atoms with Crippen LogP contribution in [-0.2, 0) is 9.59 Å². The minimum Gasteiger partial charge on any atom is -0.354 e. The third kappa shape index (κ3) is 6.02. The molecule has 0 bridgehead atoms. The van der Waals surface area contributed by atoms with Gasteiger partial charge < -0.3 is 20.0 Å². The lowest BCUT2D eigenvalue weighted by Gasteiger charge is -2.38. The van der Waals surface area contributed by atoms with Crippen molar-refractivity contribution in [1.82, 2.24) is 20.0 Å². The summed E-state index contributed by atoms with van der Waals surface area (Å²) >= 11 is 0. The van der Waals surface area contributed by atoms with E-state index in [4.69, 9.17) is 0 Å². The number of hydrogen-bond acceptors (Lipinski definition) is 3. The summed E-state index contributed by atoms with van der Waals surface area (Å²) in [5, 5.41) is 3.40. The Morgan fingerprint density at radius 2 is 1.62 bits per heavy atom. The molecule has 7 nitrogen and oxygen atoms in total. The number of rotatable bonds is 5. The second-order valence-electron chi connectivity index (χ2n) is 6.85. The molecule has 1 unspecified atom stereocenters. The lowest BCUT2D eigenvalue weighted by atomic mass is 10.1. The maximum absolute atomic E-state index is 12.1. The maximum Gasteiger partial charge on any atom is 0.243 e. The Bertz CT molecular complexity index is 454. The summed E-state index contributed by atoms with van der Waals surface area (Å²) in [6.07, 6.45) is 0.979. The van der Waals surface area contributed by atoms with Crippen LogP contribution in [0.4, 0.5) is 0 Å². The molecule has 138 valence electrons. The minimum absolute atomic E-state index is 0.0212. The Labute approximate surface area is 146 Å². The monoisotopic (exact) mass is 339 g/mol. The van der Waals surface area contributed by atoms with Gasteiger partial charge in [-0.15, -0.1) is 0 Å². The van der Waals surface area contributed by atoms with Gasteiger partial charge in [-0.3, -0.25) is 9.59 Å². The van der Waals surface area contributed by atoms with E-state index in [0.29, 0.717) is 13.1 Å². The maximum atomic E-state index is 12.1. The van der Waals surface area contributed by atoms with Gasteiger partial charge in [-0.05, 0) is 13.3 Å². The normalized spacial score (nSPS) is 17.0. The van der Waals surface area contributed by atoms with Crippen LogP contribution in [0.5, 0.6) is 0 Å². The number of carbonyl (C=O) groups excluding carboxylic acids is 2. The number of carbonyl (C=O) groups is 2. The second kappa shape index (κ2) is 9.49. The molecule has 0 aromatic carbocycles.